The van der Waals surface area contributed by atoms with Gasteiger partial charge in [0.15, 0.2) is 0 Å². The number of carbonyl (C=O) groups excluding carboxylic acids is 1. The fourth-order valence-electron chi connectivity index (χ4n) is 4.29. The van der Waals surface area contributed by atoms with Gasteiger partial charge in [-0.1, -0.05) is 67.6 Å². The third kappa shape index (κ3) is 5.46. The summed E-state index contributed by atoms with van der Waals surface area (Å²) in [7, 11) is -3.88. The normalized spacial score (nSPS) is 14.0. The minimum absolute atomic E-state index is 0.0642. The zero-order valence-electron chi connectivity index (χ0n) is 20.9. The number of benzene rings is 4. The van der Waals surface area contributed by atoms with Gasteiger partial charge in [-0.05, 0) is 60.1 Å². The number of hydrogen-bond donors (Lipinski definition) is 4. The van der Waals surface area contributed by atoms with Gasteiger partial charge in [-0.15, -0.1) is 0 Å². The van der Waals surface area contributed by atoms with Crippen LogP contribution in [-0.4, -0.2) is 20.9 Å². The monoisotopic (exact) mass is 524 g/mol. The van der Waals surface area contributed by atoms with Crippen LogP contribution in [0.25, 0.3) is 11.3 Å². The Hall–Kier alpha value is -4.40. The molecule has 1 amide bonds. The Balaban J connectivity index is 1.57. The van der Waals surface area contributed by atoms with Gasteiger partial charge in [-0.25, -0.2) is 8.42 Å². The van der Waals surface area contributed by atoms with Crippen molar-refractivity contribution in [2.75, 3.05) is 21.9 Å². The van der Waals surface area contributed by atoms with Crippen LogP contribution in [0.1, 0.15) is 23.6 Å². The highest BCUT2D eigenvalue weighted by Gasteiger charge is 2.30. The van der Waals surface area contributed by atoms with Crippen LogP contribution in [0.4, 0.5) is 17.1 Å². The van der Waals surface area contributed by atoms with Gasteiger partial charge in [-0.2, -0.15) is 0 Å². The summed E-state index contributed by atoms with van der Waals surface area (Å²) in [6, 6.07) is 30.9. The number of rotatable bonds is 9. The number of anilines is 3. The molecule has 4 aromatic rings. The zero-order chi connectivity index (χ0) is 26.5. The van der Waals surface area contributed by atoms with Gasteiger partial charge >= 0.3 is 0 Å². The van der Waals surface area contributed by atoms with Gasteiger partial charge < -0.3 is 16.0 Å². The van der Waals surface area contributed by atoms with Crippen LogP contribution < -0.4 is 20.7 Å². The molecule has 38 heavy (non-hydrogen) atoms. The molecule has 0 unspecified atom stereocenters. The zero-order valence-corrected chi connectivity index (χ0v) is 21.7. The van der Waals surface area contributed by atoms with Crippen LogP contribution in [0.2, 0.25) is 0 Å². The molecular weight excluding hydrogens is 496 g/mol. The third-order valence-electron chi connectivity index (χ3n) is 6.19. The van der Waals surface area contributed by atoms with E-state index in [1.807, 2.05) is 60.7 Å². The van der Waals surface area contributed by atoms with E-state index < -0.39 is 10.0 Å². The first-order valence-corrected chi connectivity index (χ1v) is 13.8. The van der Waals surface area contributed by atoms with E-state index in [0.29, 0.717) is 28.2 Å². The maximum atomic E-state index is 13.3. The predicted octanol–water partition coefficient (Wildman–Crippen LogP) is 5.53. The lowest BCUT2D eigenvalue weighted by atomic mass is 10.00. The molecule has 0 saturated heterocycles. The summed E-state index contributed by atoms with van der Waals surface area (Å²) in [4.78, 5) is 13.3. The number of sulfonamides is 1. The lowest BCUT2D eigenvalue weighted by Crippen LogP contribution is -2.13. The molecule has 1 aliphatic heterocycles. The molecular formula is C30H28N4O3S. The van der Waals surface area contributed by atoms with E-state index in [4.69, 9.17) is 0 Å². The first-order valence-electron chi connectivity index (χ1n) is 12.3. The average Bonchev–Trinajstić information content (AvgIpc) is 3.26. The largest absolute Gasteiger partial charge is 0.354 e. The molecule has 192 valence electrons. The smallest absolute Gasteiger partial charge is 0.261 e. The summed E-state index contributed by atoms with van der Waals surface area (Å²) in [6.45, 7) is 3.72. The van der Waals surface area contributed by atoms with Crippen LogP contribution in [0, 0.1) is 0 Å². The van der Waals surface area contributed by atoms with Crippen molar-refractivity contribution in [1.82, 2.24) is 5.32 Å². The van der Waals surface area contributed by atoms with Gasteiger partial charge in [0.2, 0.25) is 0 Å². The highest BCUT2D eigenvalue weighted by atomic mass is 32.2. The number of para-hydroxylation sites is 1. The molecule has 0 fully saturated rings. The number of carbonyl (C=O) groups is 1. The molecule has 4 aromatic carbocycles. The number of fused-ring (bicyclic) bond motifs is 1. The molecule has 4 N–H and O–H groups in total. The second-order valence-electron chi connectivity index (χ2n) is 8.85. The minimum atomic E-state index is -3.88. The molecule has 0 aliphatic carbocycles. The van der Waals surface area contributed by atoms with Gasteiger partial charge in [0.05, 0.1) is 16.2 Å². The van der Waals surface area contributed by atoms with Crippen molar-refractivity contribution >= 4 is 44.3 Å². The van der Waals surface area contributed by atoms with Gasteiger partial charge in [0.1, 0.15) is 0 Å². The third-order valence-corrected chi connectivity index (χ3v) is 7.57. The summed E-state index contributed by atoms with van der Waals surface area (Å²) in [5.74, 6) is -0.305. The van der Waals surface area contributed by atoms with Gasteiger partial charge in [-0.3, -0.25) is 9.52 Å². The van der Waals surface area contributed by atoms with Crippen LogP contribution in [-0.2, 0) is 21.4 Å². The number of amides is 1. The van der Waals surface area contributed by atoms with E-state index in [1.165, 1.54) is 12.1 Å². The molecule has 0 spiro atoms. The Bertz CT molecular complexity index is 1580. The van der Waals surface area contributed by atoms with Crippen molar-refractivity contribution in [3.63, 3.8) is 0 Å². The second-order valence-corrected chi connectivity index (χ2v) is 10.5. The average molecular weight is 525 g/mol. The molecule has 8 heteroatoms. The minimum Gasteiger partial charge on any atom is -0.354 e. The van der Waals surface area contributed by atoms with E-state index in [-0.39, 0.29) is 10.8 Å². The van der Waals surface area contributed by atoms with Crippen LogP contribution in [0.3, 0.4) is 0 Å². The molecule has 0 saturated carbocycles. The van der Waals surface area contributed by atoms with Crippen molar-refractivity contribution in [2.45, 2.75) is 18.4 Å². The van der Waals surface area contributed by atoms with Crippen molar-refractivity contribution in [3.05, 3.63) is 120 Å². The van der Waals surface area contributed by atoms with Crippen molar-refractivity contribution < 1.29 is 13.2 Å². The second kappa shape index (κ2) is 10.9. The Kier molecular flexibility index (Phi) is 7.26. The van der Waals surface area contributed by atoms with E-state index in [0.717, 1.165) is 29.9 Å². The van der Waals surface area contributed by atoms with Crippen molar-refractivity contribution in [1.29, 1.82) is 0 Å². The highest BCUT2D eigenvalue weighted by Crippen LogP contribution is 2.39. The maximum absolute atomic E-state index is 13.3. The van der Waals surface area contributed by atoms with E-state index in [9.17, 15) is 13.2 Å². The Morgan fingerprint density at radius 1 is 0.816 bits per heavy atom. The molecule has 0 bridgehead atoms. The summed E-state index contributed by atoms with van der Waals surface area (Å²) < 4.78 is 29.0. The maximum Gasteiger partial charge on any atom is 0.261 e. The summed E-state index contributed by atoms with van der Waals surface area (Å²) in [6.07, 6.45) is 0. The van der Waals surface area contributed by atoms with Crippen molar-refractivity contribution in [2.24, 2.45) is 0 Å². The van der Waals surface area contributed by atoms with E-state index >= 15 is 0 Å². The van der Waals surface area contributed by atoms with Crippen LogP contribution in [0.15, 0.2) is 108 Å². The van der Waals surface area contributed by atoms with Crippen molar-refractivity contribution in [3.8, 4) is 0 Å². The Morgan fingerprint density at radius 2 is 1.50 bits per heavy atom. The fraction of sp³-hybridized carbons (Fsp3) is 0.100. The number of hydrogen-bond acceptors (Lipinski definition) is 5. The predicted molar refractivity (Wildman–Crippen MR) is 153 cm³/mol. The summed E-state index contributed by atoms with van der Waals surface area (Å²) in [5.41, 5.74) is 5.26. The fourth-order valence-corrected chi connectivity index (χ4v) is 5.37. The number of nitrogens with one attached hydrogen (secondary N) is 4. The van der Waals surface area contributed by atoms with Crippen LogP contribution in [0.5, 0.6) is 0 Å². The molecule has 0 radical (unpaired) electrons. The topological polar surface area (TPSA) is 99.3 Å². The van der Waals surface area contributed by atoms with Gasteiger partial charge in [0.25, 0.3) is 15.9 Å². The Labute approximate surface area is 222 Å². The molecule has 0 aromatic heterocycles. The Morgan fingerprint density at radius 3 is 2.18 bits per heavy atom. The molecule has 0 atom stereocenters. The van der Waals surface area contributed by atoms with Gasteiger partial charge in [0, 0.05) is 29.2 Å². The highest BCUT2D eigenvalue weighted by molar-refractivity contribution is 7.92. The first-order chi connectivity index (χ1) is 18.4. The SMILES string of the molecule is CCNCc1ccc(NC(=C2C(=O)Nc3ccc(S(=O)(=O)Nc4ccccc4)cc32)c2ccccc2)cc1. The summed E-state index contributed by atoms with van der Waals surface area (Å²) >= 11 is 0. The molecule has 7 nitrogen and oxygen atoms in total. The quantitative estimate of drug-likeness (QED) is 0.216. The van der Waals surface area contributed by atoms with Crippen LogP contribution >= 0.6 is 0 Å². The molecule has 1 aliphatic rings. The lowest BCUT2D eigenvalue weighted by Gasteiger charge is -2.16. The van der Waals surface area contributed by atoms with E-state index in [2.05, 4.69) is 27.6 Å². The molecule has 5 rings (SSSR count). The molecule has 1 heterocycles. The standard InChI is InChI=1S/C30H28N4O3S/c1-2-31-20-21-13-15-23(16-14-21)32-29(22-9-5-3-6-10-22)28-26-19-25(17-18-27(26)33-30(28)35)38(36,37)34-24-11-7-4-8-12-24/h3-19,31-32,34H,2,20H2,1H3,(H,33,35). The summed E-state index contributed by atoms with van der Waals surface area (Å²) in [5, 5.41) is 9.61. The lowest BCUT2D eigenvalue weighted by molar-refractivity contribution is -0.110. The first kappa shape index (κ1) is 25.3. The van der Waals surface area contributed by atoms with E-state index in [1.54, 1.807) is 30.3 Å².